The summed E-state index contributed by atoms with van der Waals surface area (Å²) in [6.07, 6.45) is 10.4. The number of carboxylic acid groups (broad SMARTS) is 1. The molecule has 2 amide bonds. The van der Waals surface area contributed by atoms with Gasteiger partial charge in [0.15, 0.2) is 5.71 Å². The van der Waals surface area contributed by atoms with Crippen molar-refractivity contribution in [2.45, 2.75) is 149 Å². The molecule has 5 aromatic rings. The van der Waals surface area contributed by atoms with E-state index in [-0.39, 0.29) is 107 Å². The summed E-state index contributed by atoms with van der Waals surface area (Å²) in [5.41, 5.74) is 5.07. The lowest BCUT2D eigenvalue weighted by Crippen LogP contribution is -2.47. The fourth-order valence-corrected chi connectivity index (χ4v) is 16.5. The van der Waals surface area contributed by atoms with Gasteiger partial charge in [-0.1, -0.05) is 74.5 Å². The molecular formula is C74H91F3N5O20S5+. The minimum atomic E-state index is -5.40. The van der Waals surface area contributed by atoms with Crippen LogP contribution in [0, 0.1) is 0 Å². The van der Waals surface area contributed by atoms with Crippen LogP contribution in [0.5, 0.6) is 5.75 Å². The van der Waals surface area contributed by atoms with Crippen LogP contribution in [-0.4, -0.2) is 173 Å². The Morgan fingerprint density at radius 1 is 0.673 bits per heavy atom. The smallest absolute Gasteiger partial charge is 0.326 e. The van der Waals surface area contributed by atoms with Gasteiger partial charge >= 0.3 is 5.97 Å². The van der Waals surface area contributed by atoms with E-state index >= 15 is 0 Å². The molecule has 582 valence electrons. The second-order valence-corrected chi connectivity index (χ2v) is 34.9. The Morgan fingerprint density at radius 2 is 1.34 bits per heavy atom. The minimum absolute atomic E-state index is 0.0237. The first-order valence-corrected chi connectivity index (χ1v) is 42.3. The highest BCUT2D eigenvalue weighted by Crippen LogP contribution is 2.60. The normalized spacial score (nSPS) is 19.0. The zero-order valence-corrected chi connectivity index (χ0v) is 63.7. The Kier molecular flexibility index (Phi) is 27.9. The second-order valence-electron chi connectivity index (χ2n) is 27.6. The Balaban J connectivity index is 0.852. The van der Waals surface area contributed by atoms with Gasteiger partial charge in [0, 0.05) is 66.9 Å². The van der Waals surface area contributed by atoms with Gasteiger partial charge in [-0.2, -0.15) is 38.2 Å². The third-order valence-electron chi connectivity index (χ3n) is 19.2. The molecule has 25 nitrogen and oxygen atoms in total. The number of likely N-dealkylation sites (tertiary alicyclic amines) is 1. The van der Waals surface area contributed by atoms with Crippen LogP contribution in [0.15, 0.2) is 177 Å². The largest absolute Gasteiger partial charge is 0.480 e. The highest BCUT2D eigenvalue weighted by atomic mass is 32.3. The molecule has 0 saturated carbocycles. The van der Waals surface area contributed by atoms with Crippen LogP contribution in [0.4, 0.5) is 23.0 Å². The summed E-state index contributed by atoms with van der Waals surface area (Å²) in [5.74, 6) is -2.37. The van der Waals surface area contributed by atoms with Gasteiger partial charge in [-0.25, -0.2) is 4.79 Å². The van der Waals surface area contributed by atoms with Crippen LogP contribution in [0.1, 0.15) is 126 Å². The third kappa shape index (κ3) is 23.0. The van der Waals surface area contributed by atoms with Crippen molar-refractivity contribution in [3.63, 3.8) is 0 Å². The standard InChI is InChI=1S/C74H90F3N5O20S5/c1-73(2)60-47-58(106(93,94)95)28-30-63(60)81(37-8-10-43-103(87,88)89)66(73)32-24-54-18-13-19-55(25-33-67-74(3,4)61-48-59(107(96,97)98)29-31-64(61)82(67)38-9-11-44-104(90,91)92)71(54)102-56-26-22-51(23-27-56)46-62(72(85)86)79-68(83)34-39-99-41-42-100-40-35-78-69(84)49-80-36-14-21-65(70(80)53-16-6-5-7-17-53)101-50-52-15-12-20-57(45-52)105(75,76)77/h5-7,12,15-17,20,22-33,45,47-48,62,65,70H,8-11,13-14,18-19,21,34-44,46,49-50H2,1-4H3,(H6-,78,79,83,84,85,86,87,88,89,90,91,92,93,94,95,96,97,98)/p+1/t62-,65-,70-/m0/s1. The van der Waals surface area contributed by atoms with E-state index in [1.54, 1.807) is 42.5 Å². The van der Waals surface area contributed by atoms with Crippen LogP contribution >= 0.6 is 11.2 Å². The van der Waals surface area contributed by atoms with E-state index in [0.29, 0.717) is 119 Å². The molecular weight excluding hydrogens is 1500 g/mol. The van der Waals surface area contributed by atoms with Crippen molar-refractivity contribution in [2.75, 3.05) is 75.6 Å². The van der Waals surface area contributed by atoms with E-state index in [4.69, 9.17) is 18.9 Å². The number of carbonyl (C=O) groups is 3. The number of rotatable bonds is 37. The molecule has 0 radical (unpaired) electrons. The maximum Gasteiger partial charge on any atom is 0.326 e. The number of ether oxygens (including phenoxy) is 4. The summed E-state index contributed by atoms with van der Waals surface area (Å²) >= 11 is -5.40. The molecule has 0 spiro atoms. The number of hydrogen-bond donors (Lipinski definition) is 7. The first kappa shape index (κ1) is 83.4. The van der Waals surface area contributed by atoms with E-state index in [0.717, 1.165) is 17.7 Å². The molecule has 5 aromatic carbocycles. The van der Waals surface area contributed by atoms with Crippen molar-refractivity contribution in [3.05, 3.63) is 190 Å². The number of benzene rings is 5. The lowest BCUT2D eigenvalue weighted by Gasteiger charge is -2.41. The first-order valence-electron chi connectivity index (χ1n) is 34.9. The number of piperidine rings is 1. The Bertz CT molecular complexity index is 4700. The van der Waals surface area contributed by atoms with Crippen molar-refractivity contribution in [3.8, 4) is 5.75 Å². The van der Waals surface area contributed by atoms with E-state index in [1.165, 1.54) is 30.3 Å². The number of fused-ring (bicyclic) bond motifs is 2. The topological polar surface area (TPSA) is 359 Å². The summed E-state index contributed by atoms with van der Waals surface area (Å²) in [7, 11) is -17.8. The molecule has 9 rings (SSSR count). The predicted octanol–water partition coefficient (Wildman–Crippen LogP) is 11.5. The molecule has 7 N–H and O–H groups in total. The highest BCUT2D eigenvalue weighted by molar-refractivity contribution is 8.20. The number of allylic oxidation sites excluding steroid dienone is 7. The van der Waals surface area contributed by atoms with E-state index in [9.17, 15) is 83.0 Å². The highest BCUT2D eigenvalue weighted by Gasteiger charge is 2.46. The van der Waals surface area contributed by atoms with E-state index in [1.807, 2.05) is 96.7 Å². The molecule has 0 aromatic heterocycles. The number of amides is 2. The number of aliphatic carboxylic acids is 1. The number of nitrogens with one attached hydrogen (secondary N) is 2. The summed E-state index contributed by atoms with van der Waals surface area (Å²) in [6, 6.07) is 28.0. The fraction of sp³-hybridized carbons (Fsp3) is 0.432. The number of anilines is 1. The lowest BCUT2D eigenvalue weighted by molar-refractivity contribution is -0.438. The molecule has 3 heterocycles. The van der Waals surface area contributed by atoms with Crippen molar-refractivity contribution >= 4 is 86.5 Å². The Labute approximate surface area is 624 Å². The molecule has 3 aliphatic heterocycles. The molecule has 107 heavy (non-hydrogen) atoms. The van der Waals surface area contributed by atoms with Crippen molar-refractivity contribution in [2.24, 2.45) is 0 Å². The van der Waals surface area contributed by atoms with Gasteiger partial charge in [-0.05, 0) is 172 Å². The second kappa shape index (κ2) is 35.8. The predicted molar refractivity (Wildman–Crippen MR) is 397 cm³/mol. The van der Waals surface area contributed by atoms with Gasteiger partial charge in [0.1, 0.15) is 24.1 Å². The number of carboxylic acids is 1. The molecule has 1 saturated heterocycles. The van der Waals surface area contributed by atoms with Gasteiger partial charge in [-0.3, -0.25) is 32.7 Å². The summed E-state index contributed by atoms with van der Waals surface area (Å²) in [6.45, 7) is 9.07. The number of hydrogen-bond acceptors (Lipinski definition) is 17. The molecule has 1 aliphatic carbocycles. The molecule has 0 unspecified atom stereocenters. The number of nitrogens with zero attached hydrogens (tertiary/aromatic N) is 3. The third-order valence-corrected chi connectivity index (χ3v) is 23.3. The minimum Gasteiger partial charge on any atom is -0.480 e. The summed E-state index contributed by atoms with van der Waals surface area (Å²) in [4.78, 5) is 41.7. The zero-order chi connectivity index (χ0) is 77.7. The van der Waals surface area contributed by atoms with Crippen molar-refractivity contribution < 1.29 is 107 Å². The van der Waals surface area contributed by atoms with Crippen LogP contribution < -0.4 is 20.3 Å². The van der Waals surface area contributed by atoms with Crippen LogP contribution in [0.25, 0.3) is 0 Å². The summed E-state index contributed by atoms with van der Waals surface area (Å²) < 4.78 is 203. The van der Waals surface area contributed by atoms with Crippen molar-refractivity contribution in [1.29, 1.82) is 0 Å². The van der Waals surface area contributed by atoms with E-state index in [2.05, 4.69) is 10.6 Å². The van der Waals surface area contributed by atoms with Gasteiger partial charge < -0.3 is 39.6 Å². The van der Waals surface area contributed by atoms with Crippen LogP contribution in [-0.2, 0) is 92.9 Å². The number of carbonyl (C=O) groups excluding carboxylic acids is 2. The molecule has 1 fully saturated rings. The zero-order valence-electron chi connectivity index (χ0n) is 59.7. The van der Waals surface area contributed by atoms with Gasteiger partial charge in [0.2, 0.25) is 28.7 Å². The van der Waals surface area contributed by atoms with Crippen LogP contribution in [0.2, 0.25) is 0 Å². The molecule has 4 aliphatic rings. The van der Waals surface area contributed by atoms with Gasteiger partial charge in [0.25, 0.3) is 40.5 Å². The Hall–Kier alpha value is -7.64. The van der Waals surface area contributed by atoms with E-state index < -0.39 is 103 Å². The average molecular weight is 1590 g/mol. The maximum atomic E-state index is 13.5. The number of halogens is 3. The monoisotopic (exact) mass is 1590 g/mol. The maximum absolute atomic E-state index is 13.5. The summed E-state index contributed by atoms with van der Waals surface area (Å²) in [5, 5.41) is 15.7. The lowest BCUT2D eigenvalue weighted by atomic mass is 9.81. The molecule has 0 bridgehead atoms. The average Bonchev–Trinajstić information content (AvgIpc) is 1.59. The molecule has 33 heteroatoms. The SMILES string of the molecule is CC1(C)C(/C=C/C2=C(Oc3ccc(C[C@H](NC(=O)CCOCCOCCNC(=O)CN4CCC[C@H](OCc5cccc(S(F)(F)F)c5)[C@@H]4c4ccccc4)C(=O)O)cc3)C(=C/C=C3/N(CCCCS(=O)(=O)O)c4ccc(S(=O)(=O)O)cc4C3(C)C)/CCC2)=[N+](CCCCS(=O)(=O)O)c2ccc(S(=O)(=O)O)cc21. The van der Waals surface area contributed by atoms with Gasteiger partial charge in [-0.15, -0.1) is 11.7 Å². The fourth-order valence-electron chi connectivity index (χ4n) is 13.9. The molecule has 3 atom stereocenters. The first-order chi connectivity index (χ1) is 50.4. The number of unbranched alkanes of at least 4 members (excludes halogenated alkanes) is 2. The Morgan fingerprint density at radius 3 is 2.00 bits per heavy atom. The quantitative estimate of drug-likeness (QED) is 0.0110. The van der Waals surface area contributed by atoms with Gasteiger partial charge in [0.05, 0.1) is 83.3 Å². The van der Waals surface area contributed by atoms with Crippen LogP contribution in [0.3, 0.4) is 0 Å². The van der Waals surface area contributed by atoms with Crippen molar-refractivity contribution in [1.82, 2.24) is 15.5 Å².